The van der Waals surface area contributed by atoms with E-state index in [-0.39, 0.29) is 17.6 Å². The molecule has 7 nitrogen and oxygen atoms in total. The van der Waals surface area contributed by atoms with Crippen LogP contribution >= 0.6 is 0 Å². The van der Waals surface area contributed by atoms with Crippen LogP contribution in [-0.4, -0.2) is 34.6 Å². The zero-order chi connectivity index (χ0) is 20.7. The fourth-order valence-corrected chi connectivity index (χ4v) is 2.32. The smallest absolute Gasteiger partial charge is 0.422 e. The zero-order valence-electron chi connectivity index (χ0n) is 15.2. The molecule has 2 aromatic rings. The van der Waals surface area contributed by atoms with E-state index in [4.69, 9.17) is 0 Å². The standard InChI is InChI=1S/C18H19F3N4O3/c1-3-14(13-4-5-16(23-9-13)28-10-18(19,20)21)25-17(27)12-6-7-22-15(8-12)24-11(2)26/h4-9,14H,3,10H2,1-2H3,(H,25,27)(H,22,24,26). The molecule has 1 atom stereocenters. The molecule has 10 heteroatoms. The highest BCUT2D eigenvalue weighted by Gasteiger charge is 2.28. The maximum Gasteiger partial charge on any atom is 0.422 e. The van der Waals surface area contributed by atoms with E-state index in [2.05, 4.69) is 25.3 Å². The minimum Gasteiger partial charge on any atom is -0.468 e. The van der Waals surface area contributed by atoms with Crippen molar-refractivity contribution in [1.82, 2.24) is 15.3 Å². The number of anilines is 1. The van der Waals surface area contributed by atoms with Gasteiger partial charge in [0.25, 0.3) is 5.91 Å². The van der Waals surface area contributed by atoms with Crippen LogP contribution in [0.1, 0.15) is 42.2 Å². The summed E-state index contributed by atoms with van der Waals surface area (Å²) in [5.74, 6) is -0.606. The van der Waals surface area contributed by atoms with Crippen molar-refractivity contribution >= 4 is 17.6 Å². The second-order valence-electron chi connectivity index (χ2n) is 5.88. The molecular weight excluding hydrogens is 377 g/mol. The molecule has 0 spiro atoms. The Labute approximate surface area is 159 Å². The van der Waals surface area contributed by atoms with Gasteiger partial charge in [-0.2, -0.15) is 13.2 Å². The summed E-state index contributed by atoms with van der Waals surface area (Å²) in [5.41, 5.74) is 0.918. The second kappa shape index (κ2) is 9.16. The number of amides is 2. The number of ether oxygens (including phenoxy) is 1. The molecule has 0 saturated heterocycles. The maximum absolute atomic E-state index is 12.5. The van der Waals surface area contributed by atoms with E-state index in [9.17, 15) is 22.8 Å². The summed E-state index contributed by atoms with van der Waals surface area (Å²) in [7, 11) is 0. The SMILES string of the molecule is CCC(NC(=O)c1ccnc(NC(C)=O)c1)c1ccc(OCC(F)(F)F)nc1. The highest BCUT2D eigenvalue weighted by molar-refractivity contribution is 5.96. The second-order valence-corrected chi connectivity index (χ2v) is 5.88. The molecule has 0 aliphatic rings. The number of halogens is 3. The van der Waals surface area contributed by atoms with E-state index in [1.807, 2.05) is 6.92 Å². The molecule has 2 aromatic heterocycles. The summed E-state index contributed by atoms with van der Waals surface area (Å²) in [6.45, 7) is 1.75. The molecule has 28 heavy (non-hydrogen) atoms. The van der Waals surface area contributed by atoms with Crippen molar-refractivity contribution in [2.75, 3.05) is 11.9 Å². The number of hydrogen-bond acceptors (Lipinski definition) is 5. The molecule has 150 valence electrons. The van der Waals surface area contributed by atoms with Crippen LogP contribution in [0.25, 0.3) is 0 Å². The van der Waals surface area contributed by atoms with Gasteiger partial charge in [-0.1, -0.05) is 13.0 Å². The van der Waals surface area contributed by atoms with Crippen LogP contribution in [0.5, 0.6) is 5.88 Å². The average molecular weight is 396 g/mol. The van der Waals surface area contributed by atoms with Crippen molar-refractivity contribution in [3.8, 4) is 5.88 Å². The summed E-state index contributed by atoms with van der Waals surface area (Å²) in [5, 5.41) is 5.31. The van der Waals surface area contributed by atoms with Crippen molar-refractivity contribution in [3.63, 3.8) is 0 Å². The van der Waals surface area contributed by atoms with Crippen molar-refractivity contribution in [1.29, 1.82) is 0 Å². The minimum atomic E-state index is -4.44. The van der Waals surface area contributed by atoms with Crippen LogP contribution in [0.4, 0.5) is 19.0 Å². The Morgan fingerprint density at radius 2 is 1.96 bits per heavy atom. The van der Waals surface area contributed by atoms with Crippen LogP contribution in [0.15, 0.2) is 36.7 Å². The maximum atomic E-state index is 12.5. The predicted octanol–water partition coefficient (Wildman–Crippen LogP) is 3.26. The zero-order valence-corrected chi connectivity index (χ0v) is 15.2. The van der Waals surface area contributed by atoms with Crippen LogP contribution in [-0.2, 0) is 4.79 Å². The average Bonchev–Trinajstić information content (AvgIpc) is 2.64. The Bertz CT molecular complexity index is 826. The third kappa shape index (κ3) is 6.53. The molecule has 2 heterocycles. The lowest BCUT2D eigenvalue weighted by atomic mass is 10.1. The molecule has 2 N–H and O–H groups in total. The van der Waals surface area contributed by atoms with Crippen LogP contribution in [0.3, 0.4) is 0 Å². The lowest BCUT2D eigenvalue weighted by Crippen LogP contribution is -2.28. The Balaban J connectivity index is 2.05. The van der Waals surface area contributed by atoms with Crippen LogP contribution < -0.4 is 15.4 Å². The van der Waals surface area contributed by atoms with Crippen molar-refractivity contribution in [2.24, 2.45) is 0 Å². The molecule has 2 amide bonds. The third-order valence-corrected chi connectivity index (χ3v) is 3.59. The molecule has 2 rings (SSSR count). The van der Waals surface area contributed by atoms with E-state index in [0.29, 0.717) is 17.5 Å². The largest absolute Gasteiger partial charge is 0.468 e. The Kier molecular flexibility index (Phi) is 6.91. The van der Waals surface area contributed by atoms with Gasteiger partial charge in [0.15, 0.2) is 6.61 Å². The van der Waals surface area contributed by atoms with Gasteiger partial charge in [-0.15, -0.1) is 0 Å². The van der Waals surface area contributed by atoms with E-state index in [1.165, 1.54) is 37.5 Å². The number of carbonyl (C=O) groups is 2. The van der Waals surface area contributed by atoms with Gasteiger partial charge in [0.05, 0.1) is 6.04 Å². The number of carbonyl (C=O) groups excluding carboxylic acids is 2. The summed E-state index contributed by atoms with van der Waals surface area (Å²) in [4.78, 5) is 31.4. The van der Waals surface area contributed by atoms with Crippen molar-refractivity contribution in [3.05, 3.63) is 47.8 Å². The van der Waals surface area contributed by atoms with E-state index < -0.39 is 24.7 Å². The van der Waals surface area contributed by atoms with Gasteiger partial charge in [0, 0.05) is 30.9 Å². The molecular formula is C18H19F3N4O3. The molecule has 0 aromatic carbocycles. The highest BCUT2D eigenvalue weighted by Crippen LogP contribution is 2.21. The van der Waals surface area contributed by atoms with Gasteiger partial charge in [-0.05, 0) is 24.1 Å². The van der Waals surface area contributed by atoms with Crippen LogP contribution in [0.2, 0.25) is 0 Å². The first-order chi connectivity index (χ1) is 13.2. The van der Waals surface area contributed by atoms with E-state index in [0.717, 1.165) is 0 Å². The molecule has 0 aliphatic heterocycles. The van der Waals surface area contributed by atoms with Gasteiger partial charge < -0.3 is 15.4 Å². The lowest BCUT2D eigenvalue weighted by molar-refractivity contribution is -0.154. The first kappa shape index (κ1) is 21.1. The summed E-state index contributed by atoms with van der Waals surface area (Å²) in [6, 6.07) is 5.39. The molecule has 0 radical (unpaired) electrons. The third-order valence-electron chi connectivity index (χ3n) is 3.59. The van der Waals surface area contributed by atoms with Gasteiger partial charge in [0.2, 0.25) is 11.8 Å². The fourth-order valence-electron chi connectivity index (χ4n) is 2.32. The van der Waals surface area contributed by atoms with E-state index >= 15 is 0 Å². The monoisotopic (exact) mass is 396 g/mol. The Hall–Kier alpha value is -3.17. The number of rotatable bonds is 7. The molecule has 0 saturated carbocycles. The van der Waals surface area contributed by atoms with Gasteiger partial charge in [-0.3, -0.25) is 9.59 Å². The minimum absolute atomic E-state index is 0.156. The number of hydrogen-bond donors (Lipinski definition) is 2. The van der Waals surface area contributed by atoms with E-state index in [1.54, 1.807) is 6.07 Å². The quantitative estimate of drug-likeness (QED) is 0.749. The first-order valence-corrected chi connectivity index (χ1v) is 8.38. The Morgan fingerprint density at radius 1 is 1.21 bits per heavy atom. The van der Waals surface area contributed by atoms with Crippen molar-refractivity contribution < 1.29 is 27.5 Å². The van der Waals surface area contributed by atoms with Crippen LogP contribution in [0, 0.1) is 0 Å². The molecule has 0 aliphatic carbocycles. The number of nitrogens with one attached hydrogen (secondary N) is 2. The number of nitrogens with zero attached hydrogens (tertiary/aromatic N) is 2. The lowest BCUT2D eigenvalue weighted by Gasteiger charge is -2.18. The molecule has 0 bridgehead atoms. The van der Waals surface area contributed by atoms with Gasteiger partial charge in [0.1, 0.15) is 5.82 Å². The fraction of sp³-hybridized carbons (Fsp3) is 0.333. The number of aromatic nitrogens is 2. The summed E-state index contributed by atoms with van der Waals surface area (Å²) in [6.07, 6.45) is -1.16. The van der Waals surface area contributed by atoms with Crippen molar-refractivity contribution in [2.45, 2.75) is 32.5 Å². The van der Waals surface area contributed by atoms with Gasteiger partial charge in [-0.25, -0.2) is 9.97 Å². The highest BCUT2D eigenvalue weighted by atomic mass is 19.4. The molecule has 0 fully saturated rings. The van der Waals surface area contributed by atoms with Gasteiger partial charge >= 0.3 is 6.18 Å². The number of pyridine rings is 2. The Morgan fingerprint density at radius 3 is 2.54 bits per heavy atom. The normalized spacial score (nSPS) is 12.2. The predicted molar refractivity (Wildman–Crippen MR) is 94.8 cm³/mol. The first-order valence-electron chi connectivity index (χ1n) is 8.38. The topological polar surface area (TPSA) is 93.2 Å². The summed E-state index contributed by atoms with van der Waals surface area (Å²) < 4.78 is 41.1. The number of alkyl halides is 3. The summed E-state index contributed by atoms with van der Waals surface area (Å²) >= 11 is 0. The molecule has 1 unspecified atom stereocenters.